The van der Waals surface area contributed by atoms with Gasteiger partial charge in [0.15, 0.2) is 0 Å². The zero-order valence-corrected chi connectivity index (χ0v) is 21.6. The van der Waals surface area contributed by atoms with Gasteiger partial charge in [-0.3, -0.25) is 24.2 Å². The third-order valence-corrected chi connectivity index (χ3v) is 6.36. The zero-order valence-electron chi connectivity index (χ0n) is 20.8. The summed E-state index contributed by atoms with van der Waals surface area (Å²) in [6.45, 7) is 4.98. The summed E-state index contributed by atoms with van der Waals surface area (Å²) in [7, 11) is 0. The molecule has 1 heterocycles. The number of ether oxygens (including phenoxy) is 2. The number of benzene rings is 2. The molecule has 200 valence electrons. The molecule has 0 bridgehead atoms. The number of hydrogen-bond donors (Lipinski definition) is 2. The van der Waals surface area contributed by atoms with E-state index in [1.807, 2.05) is 18.2 Å². The minimum absolute atomic E-state index is 0.101. The molecule has 2 N–H and O–H groups in total. The molecule has 9 nitrogen and oxygen atoms in total. The second-order valence-electron chi connectivity index (χ2n) is 8.75. The van der Waals surface area contributed by atoms with Gasteiger partial charge >= 0.3 is 11.9 Å². The average Bonchev–Trinajstić information content (AvgIpc) is 2.91. The lowest BCUT2D eigenvalue weighted by Gasteiger charge is -2.39. The highest BCUT2D eigenvalue weighted by Gasteiger charge is 2.26. The molecule has 0 radical (unpaired) electrons. The van der Waals surface area contributed by atoms with Gasteiger partial charge in [-0.1, -0.05) is 54.1 Å². The Morgan fingerprint density at radius 1 is 0.892 bits per heavy atom. The number of halogens is 1. The molecule has 1 unspecified atom stereocenters. The molecule has 0 aromatic heterocycles. The Morgan fingerprint density at radius 2 is 1.57 bits per heavy atom. The van der Waals surface area contributed by atoms with Crippen molar-refractivity contribution in [1.82, 2.24) is 15.1 Å². The van der Waals surface area contributed by atoms with Crippen molar-refractivity contribution in [2.24, 2.45) is 0 Å². The summed E-state index contributed by atoms with van der Waals surface area (Å²) < 4.78 is 10.7. The molecule has 1 fully saturated rings. The van der Waals surface area contributed by atoms with E-state index in [0.717, 1.165) is 37.7 Å². The van der Waals surface area contributed by atoms with Crippen molar-refractivity contribution in [1.29, 1.82) is 0 Å². The number of amides is 1. The van der Waals surface area contributed by atoms with Crippen molar-refractivity contribution < 1.29 is 29.0 Å². The van der Waals surface area contributed by atoms with Crippen molar-refractivity contribution >= 4 is 29.4 Å². The molecule has 0 spiro atoms. The van der Waals surface area contributed by atoms with E-state index in [2.05, 4.69) is 51.5 Å². The standard InChI is InChI=1S/C27H34ClN3O6/c28-23-8-6-22(7-9-23)27(21-4-2-1-3-5-21)31-14-12-30(13-15-31)16-17-36-18-19-37-26(35)11-10-24(32)29-20-25(33)34/h1-9,27H,10-20H2,(H,29,32)(H,33,34). The van der Waals surface area contributed by atoms with E-state index in [9.17, 15) is 14.4 Å². The summed E-state index contributed by atoms with van der Waals surface area (Å²) in [5.41, 5.74) is 2.49. The molecule has 1 aliphatic heterocycles. The van der Waals surface area contributed by atoms with Gasteiger partial charge in [0.05, 0.1) is 25.7 Å². The Hall–Kier alpha value is -2.98. The van der Waals surface area contributed by atoms with Gasteiger partial charge < -0.3 is 19.9 Å². The van der Waals surface area contributed by atoms with Gasteiger partial charge in [-0.2, -0.15) is 0 Å². The number of piperazine rings is 1. The molecule has 2 aromatic rings. The van der Waals surface area contributed by atoms with E-state index in [1.54, 1.807) is 0 Å². The molecule has 0 saturated carbocycles. The van der Waals surface area contributed by atoms with Crippen molar-refractivity contribution in [3.05, 3.63) is 70.7 Å². The highest BCUT2D eigenvalue weighted by Crippen LogP contribution is 2.30. The Morgan fingerprint density at radius 3 is 2.24 bits per heavy atom. The topological polar surface area (TPSA) is 108 Å². The van der Waals surface area contributed by atoms with Gasteiger partial charge in [0.1, 0.15) is 13.2 Å². The average molecular weight is 532 g/mol. The SMILES string of the molecule is O=C(O)CNC(=O)CCC(=O)OCCOCCN1CCN(C(c2ccccc2)c2ccc(Cl)cc2)CC1. The van der Waals surface area contributed by atoms with Gasteiger partial charge in [-0.25, -0.2) is 0 Å². The number of aliphatic carboxylic acids is 1. The molecular formula is C27H34ClN3O6. The van der Waals surface area contributed by atoms with Gasteiger partial charge in [0.25, 0.3) is 0 Å². The molecule has 10 heteroatoms. The van der Waals surface area contributed by atoms with Crippen molar-refractivity contribution in [2.45, 2.75) is 18.9 Å². The lowest BCUT2D eigenvalue weighted by molar-refractivity contribution is -0.146. The van der Waals surface area contributed by atoms with Crippen LogP contribution in [0.15, 0.2) is 54.6 Å². The quantitative estimate of drug-likeness (QED) is 0.283. The molecule has 2 aromatic carbocycles. The van der Waals surface area contributed by atoms with Gasteiger partial charge in [0, 0.05) is 44.2 Å². The van der Waals surface area contributed by atoms with E-state index in [1.165, 1.54) is 11.1 Å². The first kappa shape index (κ1) is 28.6. The second kappa shape index (κ2) is 15.3. The minimum atomic E-state index is -1.13. The lowest BCUT2D eigenvalue weighted by Crippen LogP contribution is -2.48. The fourth-order valence-corrected chi connectivity index (χ4v) is 4.33. The van der Waals surface area contributed by atoms with Crippen LogP contribution in [-0.2, 0) is 23.9 Å². The molecule has 1 amide bonds. The maximum Gasteiger partial charge on any atom is 0.322 e. The highest BCUT2D eigenvalue weighted by atomic mass is 35.5. The number of carboxylic acids is 1. The van der Waals surface area contributed by atoms with Gasteiger partial charge in [-0.15, -0.1) is 0 Å². The maximum atomic E-state index is 11.7. The second-order valence-corrected chi connectivity index (χ2v) is 9.18. The number of carbonyl (C=O) groups is 3. The van der Waals surface area contributed by atoms with E-state index in [-0.39, 0.29) is 32.1 Å². The summed E-state index contributed by atoms with van der Waals surface area (Å²) in [5, 5.41) is 11.4. The third kappa shape index (κ3) is 10.1. The van der Waals surface area contributed by atoms with Crippen LogP contribution in [0.3, 0.4) is 0 Å². The van der Waals surface area contributed by atoms with Gasteiger partial charge in [0.2, 0.25) is 5.91 Å². The lowest BCUT2D eigenvalue weighted by atomic mass is 9.96. The van der Waals surface area contributed by atoms with Crippen LogP contribution in [0.25, 0.3) is 0 Å². The number of carbonyl (C=O) groups excluding carboxylic acids is 2. The number of esters is 1. The first-order valence-corrected chi connectivity index (χ1v) is 12.8. The third-order valence-electron chi connectivity index (χ3n) is 6.11. The first-order valence-electron chi connectivity index (χ1n) is 12.4. The van der Waals surface area contributed by atoms with Crippen LogP contribution in [0.2, 0.25) is 5.02 Å². The maximum absolute atomic E-state index is 11.7. The molecule has 0 aliphatic carbocycles. The van der Waals surface area contributed by atoms with E-state index in [4.69, 9.17) is 26.2 Å². The predicted molar refractivity (Wildman–Crippen MR) is 139 cm³/mol. The fraction of sp³-hybridized carbons (Fsp3) is 0.444. The minimum Gasteiger partial charge on any atom is -0.480 e. The Kier molecular flexibility index (Phi) is 11.8. The largest absolute Gasteiger partial charge is 0.480 e. The van der Waals surface area contributed by atoms with Crippen LogP contribution < -0.4 is 5.32 Å². The molecular weight excluding hydrogens is 498 g/mol. The van der Waals surface area contributed by atoms with Crippen molar-refractivity contribution in [3.8, 4) is 0 Å². The van der Waals surface area contributed by atoms with Crippen LogP contribution in [0, 0.1) is 0 Å². The van der Waals surface area contributed by atoms with Crippen LogP contribution in [-0.4, -0.2) is 91.8 Å². The number of rotatable bonds is 14. The van der Waals surface area contributed by atoms with Crippen molar-refractivity contribution in [3.63, 3.8) is 0 Å². The smallest absolute Gasteiger partial charge is 0.322 e. The zero-order chi connectivity index (χ0) is 26.5. The highest BCUT2D eigenvalue weighted by molar-refractivity contribution is 6.30. The summed E-state index contributed by atoms with van der Waals surface area (Å²) in [4.78, 5) is 38.4. The van der Waals surface area contributed by atoms with E-state index in [0.29, 0.717) is 6.61 Å². The number of carboxylic acid groups (broad SMARTS) is 1. The Labute approximate surface area is 222 Å². The number of hydrogen-bond acceptors (Lipinski definition) is 7. The number of nitrogens with zero attached hydrogens (tertiary/aromatic N) is 2. The fourth-order valence-electron chi connectivity index (χ4n) is 4.20. The van der Waals surface area contributed by atoms with Crippen LogP contribution in [0.4, 0.5) is 0 Å². The first-order chi connectivity index (χ1) is 17.9. The molecule has 1 atom stereocenters. The van der Waals surface area contributed by atoms with Crippen LogP contribution in [0.5, 0.6) is 0 Å². The van der Waals surface area contributed by atoms with Gasteiger partial charge in [-0.05, 0) is 23.3 Å². The van der Waals surface area contributed by atoms with Crippen molar-refractivity contribution in [2.75, 3.05) is 59.1 Å². The molecule has 3 rings (SSSR count). The summed E-state index contributed by atoms with van der Waals surface area (Å²) in [5.74, 6) is -2.15. The van der Waals surface area contributed by atoms with E-state index < -0.39 is 24.4 Å². The molecule has 1 saturated heterocycles. The molecule has 37 heavy (non-hydrogen) atoms. The summed E-state index contributed by atoms with van der Waals surface area (Å²) in [6.07, 6.45) is -0.210. The predicted octanol–water partition coefficient (Wildman–Crippen LogP) is 2.59. The monoisotopic (exact) mass is 531 g/mol. The Bertz CT molecular complexity index is 997. The number of nitrogens with one attached hydrogen (secondary N) is 1. The molecule has 1 aliphatic rings. The summed E-state index contributed by atoms with van der Waals surface area (Å²) in [6, 6.07) is 18.8. The Balaban J connectivity index is 1.32. The normalized spacial score (nSPS) is 15.2. The summed E-state index contributed by atoms with van der Waals surface area (Å²) >= 11 is 6.12. The van der Waals surface area contributed by atoms with Crippen LogP contribution >= 0.6 is 11.6 Å². The van der Waals surface area contributed by atoms with Crippen LogP contribution in [0.1, 0.15) is 30.0 Å². The van der Waals surface area contributed by atoms with E-state index >= 15 is 0 Å².